The molecular weight excluding hydrogens is 462 g/mol. The molecule has 0 aliphatic heterocycles. The number of hydrogen-bond donors (Lipinski definition) is 1. The second-order valence-corrected chi connectivity index (χ2v) is 7.87. The topological polar surface area (TPSA) is 132 Å². The lowest BCUT2D eigenvalue weighted by atomic mass is 10.1. The second kappa shape index (κ2) is 10.8. The zero-order valence-corrected chi connectivity index (χ0v) is 20.3. The van der Waals surface area contributed by atoms with Crippen molar-refractivity contribution in [3.63, 3.8) is 0 Å². The third-order valence-electron chi connectivity index (χ3n) is 4.80. The Bertz CT molecular complexity index is 1250. The van der Waals surface area contributed by atoms with Gasteiger partial charge in [-0.3, -0.25) is 0 Å². The van der Waals surface area contributed by atoms with Crippen molar-refractivity contribution in [1.29, 1.82) is 0 Å². The number of aryl methyl sites for hydroxylation is 1. The maximum atomic E-state index is 12.3. The number of nitrogens with two attached hydrogens (primary N) is 1. The maximum absolute atomic E-state index is 12.3. The van der Waals surface area contributed by atoms with Gasteiger partial charge >= 0.3 is 11.9 Å². The van der Waals surface area contributed by atoms with Crippen molar-refractivity contribution >= 4 is 45.4 Å². The number of thiophene rings is 1. The molecule has 0 spiro atoms. The number of esters is 2. The highest BCUT2D eigenvalue weighted by Crippen LogP contribution is 2.35. The molecule has 34 heavy (non-hydrogen) atoms. The predicted molar refractivity (Wildman–Crippen MR) is 127 cm³/mol. The van der Waals surface area contributed by atoms with Crippen molar-refractivity contribution in [2.24, 2.45) is 0 Å². The average Bonchev–Trinajstić information content (AvgIpc) is 3.17. The van der Waals surface area contributed by atoms with Crippen LogP contribution in [-0.2, 0) is 20.9 Å². The second-order valence-electron chi connectivity index (χ2n) is 6.87. The Balaban J connectivity index is 1.75. The fourth-order valence-corrected chi connectivity index (χ4v) is 4.30. The minimum absolute atomic E-state index is 0.196. The van der Waals surface area contributed by atoms with Crippen LogP contribution in [0.2, 0.25) is 0 Å². The molecule has 0 radical (unpaired) electrons. The first-order chi connectivity index (χ1) is 16.3. The van der Waals surface area contributed by atoms with Crippen LogP contribution in [0.1, 0.15) is 33.5 Å². The Labute approximate surface area is 200 Å². The minimum Gasteiger partial charge on any atom is -0.496 e. The summed E-state index contributed by atoms with van der Waals surface area (Å²) in [6.45, 7) is 3.56. The number of benzene rings is 1. The molecule has 10 nitrogen and oxygen atoms in total. The van der Waals surface area contributed by atoms with Crippen molar-refractivity contribution in [3.05, 3.63) is 40.0 Å². The van der Waals surface area contributed by atoms with Crippen LogP contribution in [-0.4, -0.2) is 49.8 Å². The molecule has 0 amide bonds. The Morgan fingerprint density at radius 3 is 2.35 bits per heavy atom. The summed E-state index contributed by atoms with van der Waals surface area (Å²) in [4.78, 5) is 34.0. The molecule has 0 fully saturated rings. The van der Waals surface area contributed by atoms with Crippen molar-refractivity contribution in [2.75, 3.05) is 33.7 Å². The zero-order valence-electron chi connectivity index (χ0n) is 19.5. The third kappa shape index (κ3) is 5.20. The van der Waals surface area contributed by atoms with Crippen LogP contribution < -0.4 is 19.9 Å². The largest absolute Gasteiger partial charge is 0.496 e. The van der Waals surface area contributed by atoms with E-state index in [1.165, 1.54) is 33.5 Å². The fraction of sp³-hybridized carbons (Fsp3) is 0.304. The van der Waals surface area contributed by atoms with E-state index >= 15 is 0 Å². The summed E-state index contributed by atoms with van der Waals surface area (Å²) in [5.74, 6) is 0.840. The molecule has 0 aliphatic carbocycles. The lowest BCUT2D eigenvalue weighted by molar-refractivity contribution is -0.139. The van der Waals surface area contributed by atoms with Gasteiger partial charge in [-0.1, -0.05) is 0 Å². The van der Waals surface area contributed by atoms with Crippen LogP contribution in [0.4, 0.5) is 5.82 Å². The lowest BCUT2D eigenvalue weighted by Crippen LogP contribution is -2.06. The van der Waals surface area contributed by atoms with E-state index in [-0.39, 0.29) is 24.9 Å². The molecule has 180 valence electrons. The predicted octanol–water partition coefficient (Wildman–Crippen LogP) is 3.54. The van der Waals surface area contributed by atoms with E-state index in [0.29, 0.717) is 43.5 Å². The first kappa shape index (κ1) is 24.8. The molecule has 2 aromatic heterocycles. The Hall–Kier alpha value is -3.86. The zero-order chi connectivity index (χ0) is 24.8. The summed E-state index contributed by atoms with van der Waals surface area (Å²) >= 11 is 1.16. The fourth-order valence-electron chi connectivity index (χ4n) is 3.20. The molecule has 0 saturated carbocycles. The number of hydrogen-bond acceptors (Lipinski definition) is 11. The summed E-state index contributed by atoms with van der Waals surface area (Å²) in [7, 11) is 4.54. The standard InChI is InChI=1S/C23H25N3O7S/c1-6-32-23(28)20-12(2)19-21(24)25-17(26-22(19)34-20)11-33-18(27)8-7-13-9-15(30-4)16(31-5)10-14(13)29-3/h7-10H,6,11H2,1-5H3,(H2,24,25,26)/b8-7+. The first-order valence-corrected chi connectivity index (χ1v) is 11.0. The molecule has 3 aromatic rings. The third-order valence-corrected chi connectivity index (χ3v) is 5.97. The van der Waals surface area contributed by atoms with Crippen LogP contribution in [0.15, 0.2) is 18.2 Å². The molecule has 3 rings (SSSR count). The summed E-state index contributed by atoms with van der Waals surface area (Å²) < 4.78 is 26.2. The number of rotatable bonds is 9. The SMILES string of the molecule is CCOC(=O)c1sc2nc(COC(=O)/C=C/c3cc(OC)c(OC)cc3OC)nc(N)c2c1C. The van der Waals surface area contributed by atoms with Gasteiger partial charge in [-0.25, -0.2) is 19.6 Å². The normalized spacial score (nSPS) is 11.0. The smallest absolute Gasteiger partial charge is 0.348 e. The van der Waals surface area contributed by atoms with Gasteiger partial charge in [0, 0.05) is 17.7 Å². The molecular formula is C23H25N3O7S. The average molecular weight is 488 g/mol. The lowest BCUT2D eigenvalue weighted by Gasteiger charge is -2.12. The van der Waals surface area contributed by atoms with Gasteiger partial charge in [-0.05, 0) is 31.6 Å². The summed E-state index contributed by atoms with van der Waals surface area (Å²) in [6.07, 6.45) is 2.79. The van der Waals surface area contributed by atoms with E-state index in [0.717, 1.165) is 11.3 Å². The number of ether oxygens (including phenoxy) is 5. The monoisotopic (exact) mass is 487 g/mol. The van der Waals surface area contributed by atoms with Crippen LogP contribution in [0.3, 0.4) is 0 Å². The highest BCUT2D eigenvalue weighted by atomic mass is 32.1. The van der Waals surface area contributed by atoms with Gasteiger partial charge in [0.05, 0.1) is 33.3 Å². The van der Waals surface area contributed by atoms with Gasteiger partial charge in [0.2, 0.25) is 0 Å². The van der Waals surface area contributed by atoms with Gasteiger partial charge in [0.1, 0.15) is 21.3 Å². The van der Waals surface area contributed by atoms with E-state index in [9.17, 15) is 9.59 Å². The number of carbonyl (C=O) groups is 2. The number of carbonyl (C=O) groups excluding carboxylic acids is 2. The van der Waals surface area contributed by atoms with Crippen LogP contribution in [0.5, 0.6) is 17.2 Å². The van der Waals surface area contributed by atoms with E-state index in [1.807, 2.05) is 0 Å². The molecule has 0 unspecified atom stereocenters. The molecule has 0 atom stereocenters. The number of methoxy groups -OCH3 is 3. The highest BCUT2D eigenvalue weighted by molar-refractivity contribution is 7.20. The van der Waals surface area contributed by atoms with Crippen LogP contribution in [0, 0.1) is 6.92 Å². The van der Waals surface area contributed by atoms with Gasteiger partial charge in [0.15, 0.2) is 23.9 Å². The molecule has 0 saturated heterocycles. The number of aromatic nitrogens is 2. The van der Waals surface area contributed by atoms with Gasteiger partial charge in [0.25, 0.3) is 0 Å². The van der Waals surface area contributed by atoms with Crippen LogP contribution in [0.25, 0.3) is 16.3 Å². The molecule has 0 aliphatic rings. The Morgan fingerprint density at radius 2 is 1.71 bits per heavy atom. The van der Waals surface area contributed by atoms with E-state index in [2.05, 4.69) is 9.97 Å². The Kier molecular flexibility index (Phi) is 7.90. The summed E-state index contributed by atoms with van der Waals surface area (Å²) in [5.41, 5.74) is 7.34. The number of nitrogen functional groups attached to an aromatic ring is 1. The van der Waals surface area contributed by atoms with Crippen molar-refractivity contribution in [2.45, 2.75) is 20.5 Å². The number of fused-ring (bicyclic) bond motifs is 1. The van der Waals surface area contributed by atoms with Gasteiger partial charge in [-0.2, -0.15) is 0 Å². The highest BCUT2D eigenvalue weighted by Gasteiger charge is 2.20. The minimum atomic E-state index is -0.617. The Morgan fingerprint density at radius 1 is 1.03 bits per heavy atom. The van der Waals surface area contributed by atoms with Crippen LogP contribution >= 0.6 is 11.3 Å². The molecule has 2 N–H and O–H groups in total. The van der Waals surface area contributed by atoms with Crippen molar-refractivity contribution in [3.8, 4) is 17.2 Å². The van der Waals surface area contributed by atoms with Gasteiger partial charge in [-0.15, -0.1) is 11.3 Å². The maximum Gasteiger partial charge on any atom is 0.348 e. The van der Waals surface area contributed by atoms with E-state index in [1.54, 1.807) is 26.0 Å². The quantitative estimate of drug-likeness (QED) is 0.353. The van der Waals surface area contributed by atoms with Crippen molar-refractivity contribution < 1.29 is 33.3 Å². The number of nitrogens with zero attached hydrogens (tertiary/aromatic N) is 2. The molecule has 0 bridgehead atoms. The molecule has 11 heteroatoms. The summed E-state index contributed by atoms with van der Waals surface area (Å²) in [5, 5.41) is 0.587. The number of anilines is 1. The van der Waals surface area contributed by atoms with Crippen molar-refractivity contribution in [1.82, 2.24) is 9.97 Å². The van der Waals surface area contributed by atoms with E-state index < -0.39 is 11.9 Å². The van der Waals surface area contributed by atoms with E-state index in [4.69, 9.17) is 29.4 Å². The first-order valence-electron chi connectivity index (χ1n) is 10.2. The summed E-state index contributed by atoms with van der Waals surface area (Å²) in [6, 6.07) is 3.34. The molecule has 1 aromatic carbocycles. The van der Waals surface area contributed by atoms with Gasteiger partial charge < -0.3 is 29.4 Å². The molecule has 2 heterocycles.